The molecule has 6 rings (SSSR count). The van der Waals surface area contributed by atoms with Crippen molar-refractivity contribution in [3.63, 3.8) is 0 Å². The zero-order chi connectivity index (χ0) is 20.2. The van der Waals surface area contributed by atoms with Crippen LogP contribution in [0.3, 0.4) is 0 Å². The molecule has 0 N–H and O–H groups in total. The Kier molecular flexibility index (Phi) is 4.43. The first-order chi connectivity index (χ1) is 14.0. The summed E-state index contributed by atoms with van der Waals surface area (Å²) in [5, 5.41) is 14.1. The average molecular weight is 413 g/mol. The Balaban J connectivity index is 1.36. The van der Waals surface area contributed by atoms with Crippen LogP contribution in [0.4, 0.5) is 5.69 Å². The summed E-state index contributed by atoms with van der Waals surface area (Å²) in [4.78, 5) is 30.9. The van der Waals surface area contributed by atoms with Gasteiger partial charge in [0.05, 0.1) is 29.3 Å². The van der Waals surface area contributed by atoms with Gasteiger partial charge in [-0.15, -0.1) is 11.3 Å². The van der Waals surface area contributed by atoms with E-state index >= 15 is 0 Å². The second-order valence-electron chi connectivity index (χ2n) is 8.50. The van der Waals surface area contributed by atoms with Crippen LogP contribution in [0.25, 0.3) is 11.3 Å². The highest BCUT2D eigenvalue weighted by molar-refractivity contribution is 7.10. The Bertz CT molecular complexity index is 977. The molecule has 1 aromatic heterocycles. The molecule has 1 saturated heterocycles. The molecule has 3 aliphatic carbocycles. The summed E-state index contributed by atoms with van der Waals surface area (Å²) in [5.41, 5.74) is 1.70. The number of hydrogen-bond donors (Lipinski definition) is 0. The maximum atomic E-state index is 13.1. The number of nitrogens with zero attached hydrogens (tertiary/aromatic N) is 3. The number of hydrogen-bond acceptors (Lipinski definition) is 6. The first-order valence-corrected chi connectivity index (χ1v) is 11.0. The van der Waals surface area contributed by atoms with Crippen LogP contribution >= 0.6 is 11.3 Å². The molecule has 1 atom stereocenters. The SMILES string of the molecule is Cc1cccc(-c2csc([C@H]3CN(C(=O)C45CCC(C4)C5)CCO3)n2)c1[N+](=O)[O-]. The number of ether oxygens (including phenoxy) is 1. The number of thiazole rings is 1. The summed E-state index contributed by atoms with van der Waals surface area (Å²) < 4.78 is 5.92. The number of nitro benzene ring substituents is 1. The van der Waals surface area contributed by atoms with Crippen molar-refractivity contribution in [2.75, 3.05) is 19.7 Å². The van der Waals surface area contributed by atoms with E-state index in [1.165, 1.54) is 17.8 Å². The standard InChI is InChI=1S/C21H23N3O4S/c1-13-3-2-4-15(18(13)24(26)27)16-12-29-19(22-16)17-11-23(7-8-28-17)20(25)21-6-5-14(9-21)10-21/h2-4,12,14,17H,5-11H2,1H3/t14?,17-,21?/m1/s1. The number of amides is 1. The van der Waals surface area contributed by atoms with Gasteiger partial charge in [-0.3, -0.25) is 14.9 Å². The van der Waals surface area contributed by atoms with Gasteiger partial charge in [0, 0.05) is 22.9 Å². The van der Waals surface area contributed by atoms with Crippen LogP contribution < -0.4 is 0 Å². The lowest BCUT2D eigenvalue weighted by molar-refractivity contribution is -0.384. The number of aryl methyl sites for hydroxylation is 1. The smallest absolute Gasteiger partial charge is 0.281 e. The topological polar surface area (TPSA) is 85.6 Å². The molecule has 0 spiro atoms. The summed E-state index contributed by atoms with van der Waals surface area (Å²) in [6.07, 6.45) is 4.03. The lowest BCUT2D eigenvalue weighted by Gasteiger charge is -2.43. The minimum absolute atomic E-state index is 0.0885. The van der Waals surface area contributed by atoms with Crippen molar-refractivity contribution in [2.24, 2.45) is 11.3 Å². The second kappa shape index (κ2) is 6.88. The zero-order valence-electron chi connectivity index (χ0n) is 16.3. The monoisotopic (exact) mass is 413 g/mol. The van der Waals surface area contributed by atoms with Gasteiger partial charge in [-0.1, -0.05) is 12.1 Å². The summed E-state index contributed by atoms with van der Waals surface area (Å²) in [6.45, 7) is 3.36. The molecule has 152 valence electrons. The van der Waals surface area contributed by atoms with Crippen LogP contribution in [0.15, 0.2) is 23.6 Å². The third-order valence-corrected chi connectivity index (χ3v) is 7.63. The highest BCUT2D eigenvalue weighted by Gasteiger charge is 2.56. The number of morpholine rings is 1. The highest BCUT2D eigenvalue weighted by Crippen LogP contribution is 2.59. The van der Waals surface area contributed by atoms with Crippen LogP contribution in [0.2, 0.25) is 0 Å². The molecule has 3 saturated carbocycles. The predicted molar refractivity (Wildman–Crippen MR) is 109 cm³/mol. The van der Waals surface area contributed by atoms with Crippen molar-refractivity contribution >= 4 is 22.9 Å². The molecule has 0 unspecified atom stereocenters. The Morgan fingerprint density at radius 2 is 2.24 bits per heavy atom. The van der Waals surface area contributed by atoms with Gasteiger partial charge in [0.15, 0.2) is 0 Å². The summed E-state index contributed by atoms with van der Waals surface area (Å²) >= 11 is 1.44. The molecule has 29 heavy (non-hydrogen) atoms. The molecule has 1 amide bonds. The Labute approximate surface area is 172 Å². The van der Waals surface area contributed by atoms with Crippen molar-refractivity contribution < 1.29 is 14.5 Å². The molecular weight excluding hydrogens is 390 g/mol. The molecule has 8 heteroatoms. The van der Waals surface area contributed by atoms with E-state index in [9.17, 15) is 14.9 Å². The van der Waals surface area contributed by atoms with Crippen molar-refractivity contribution in [3.8, 4) is 11.3 Å². The van der Waals surface area contributed by atoms with Crippen LogP contribution in [0, 0.1) is 28.4 Å². The van der Waals surface area contributed by atoms with E-state index in [0.29, 0.717) is 36.5 Å². The van der Waals surface area contributed by atoms with E-state index in [-0.39, 0.29) is 28.0 Å². The van der Waals surface area contributed by atoms with E-state index in [4.69, 9.17) is 4.74 Å². The fraction of sp³-hybridized carbons (Fsp3) is 0.524. The highest BCUT2D eigenvalue weighted by atomic mass is 32.1. The number of carbonyl (C=O) groups excluding carboxylic acids is 1. The predicted octanol–water partition coefficient (Wildman–Crippen LogP) is 4.12. The molecule has 7 nitrogen and oxygen atoms in total. The quantitative estimate of drug-likeness (QED) is 0.556. The fourth-order valence-electron chi connectivity index (χ4n) is 5.20. The number of fused-ring (bicyclic) bond motifs is 1. The first kappa shape index (κ1) is 18.7. The number of aromatic nitrogens is 1. The van der Waals surface area contributed by atoms with Gasteiger partial charge < -0.3 is 9.64 Å². The van der Waals surface area contributed by atoms with Crippen LogP contribution in [-0.2, 0) is 9.53 Å². The summed E-state index contributed by atoms with van der Waals surface area (Å²) in [5.74, 6) is 1.04. The van der Waals surface area contributed by atoms with Gasteiger partial charge in [-0.2, -0.15) is 0 Å². The lowest BCUT2D eigenvalue weighted by Crippen LogP contribution is -2.51. The molecule has 2 bridgehead atoms. The van der Waals surface area contributed by atoms with Crippen LogP contribution in [0.1, 0.15) is 42.4 Å². The summed E-state index contributed by atoms with van der Waals surface area (Å²) in [6, 6.07) is 5.27. The van der Waals surface area contributed by atoms with Gasteiger partial charge in [-0.25, -0.2) is 4.98 Å². The molecule has 4 fully saturated rings. The van der Waals surface area contributed by atoms with Crippen LogP contribution in [0.5, 0.6) is 0 Å². The third-order valence-electron chi connectivity index (χ3n) is 6.69. The molecule has 1 aromatic carbocycles. The average Bonchev–Trinajstić information content (AvgIpc) is 3.42. The minimum Gasteiger partial charge on any atom is -0.367 e. The first-order valence-electron chi connectivity index (χ1n) is 10.1. The van der Waals surface area contributed by atoms with E-state index < -0.39 is 0 Å². The third kappa shape index (κ3) is 3.05. The molecule has 1 aliphatic heterocycles. The Hall–Kier alpha value is -2.32. The van der Waals surface area contributed by atoms with Gasteiger partial charge in [0.1, 0.15) is 11.1 Å². The molecule has 0 radical (unpaired) electrons. The molecule has 2 aromatic rings. The van der Waals surface area contributed by atoms with Gasteiger partial charge >= 0.3 is 0 Å². The van der Waals surface area contributed by atoms with E-state index in [0.717, 1.165) is 30.2 Å². The maximum Gasteiger partial charge on any atom is 0.281 e. The van der Waals surface area contributed by atoms with Crippen molar-refractivity contribution in [3.05, 3.63) is 44.3 Å². The van der Waals surface area contributed by atoms with Gasteiger partial charge in [0.2, 0.25) is 5.91 Å². The van der Waals surface area contributed by atoms with E-state index in [1.807, 2.05) is 10.3 Å². The van der Waals surface area contributed by atoms with Gasteiger partial charge in [0.25, 0.3) is 5.69 Å². The largest absolute Gasteiger partial charge is 0.367 e. The minimum atomic E-state index is -0.353. The maximum absolute atomic E-state index is 13.1. The molecular formula is C21H23N3O4S. The number of para-hydroxylation sites is 1. The Morgan fingerprint density at radius 3 is 2.97 bits per heavy atom. The fourth-order valence-corrected chi connectivity index (χ4v) is 6.06. The van der Waals surface area contributed by atoms with Crippen molar-refractivity contribution in [1.82, 2.24) is 9.88 Å². The molecule has 2 heterocycles. The van der Waals surface area contributed by atoms with E-state index in [2.05, 4.69) is 4.98 Å². The van der Waals surface area contributed by atoms with Crippen LogP contribution in [-0.4, -0.2) is 40.4 Å². The summed E-state index contributed by atoms with van der Waals surface area (Å²) in [7, 11) is 0. The molecule has 4 aliphatic rings. The second-order valence-corrected chi connectivity index (χ2v) is 9.39. The van der Waals surface area contributed by atoms with Crippen molar-refractivity contribution in [1.29, 1.82) is 0 Å². The number of carbonyl (C=O) groups is 1. The van der Waals surface area contributed by atoms with Crippen molar-refractivity contribution in [2.45, 2.75) is 38.7 Å². The number of rotatable bonds is 4. The lowest BCUT2D eigenvalue weighted by atomic mass is 9.68. The van der Waals surface area contributed by atoms with Gasteiger partial charge in [-0.05, 0) is 44.6 Å². The zero-order valence-corrected chi connectivity index (χ0v) is 17.1. The number of benzene rings is 1. The normalized spacial score (nSPS) is 28.2. The van der Waals surface area contributed by atoms with E-state index in [1.54, 1.807) is 25.1 Å². The Morgan fingerprint density at radius 1 is 1.41 bits per heavy atom. The number of nitro groups is 1.